The van der Waals surface area contributed by atoms with Crippen LogP contribution in [0, 0.1) is 0 Å². The van der Waals surface area contributed by atoms with Crippen LogP contribution in [0.1, 0.15) is 47.3 Å². The fraction of sp³-hybridized carbons (Fsp3) is 0.306. The fourth-order valence-corrected chi connectivity index (χ4v) is 5.88. The summed E-state index contributed by atoms with van der Waals surface area (Å²) < 4.78 is 39.1. The molecule has 0 saturated carbocycles. The maximum atomic E-state index is 13.2. The average molecular weight is 617 g/mol. The number of carbonyl (C=O) groups is 1. The number of carbonyl (C=O) groups excluding carboxylic acids is 1. The van der Waals surface area contributed by atoms with Crippen molar-refractivity contribution < 1.29 is 22.8 Å². The van der Waals surface area contributed by atoms with Gasteiger partial charge in [-0.1, -0.05) is 67.6 Å². The average Bonchev–Trinajstić information content (AvgIpc) is 3.07. The van der Waals surface area contributed by atoms with Crippen molar-refractivity contribution in [1.29, 1.82) is 0 Å². The van der Waals surface area contributed by atoms with Crippen molar-refractivity contribution >= 4 is 17.3 Å². The Labute approximate surface area is 262 Å². The summed E-state index contributed by atoms with van der Waals surface area (Å²) in [5.41, 5.74) is 6.72. The van der Waals surface area contributed by atoms with Crippen molar-refractivity contribution in [2.24, 2.45) is 0 Å². The molecule has 0 bridgehead atoms. The van der Waals surface area contributed by atoms with Crippen LogP contribution in [0.25, 0.3) is 11.1 Å². The number of benzene rings is 4. The van der Waals surface area contributed by atoms with Crippen molar-refractivity contribution in [3.8, 4) is 11.1 Å². The molecular formula is C36H39F3N4O2. The molecule has 0 radical (unpaired) electrons. The third kappa shape index (κ3) is 8.11. The molecule has 4 aromatic rings. The minimum Gasteiger partial charge on any atom is -0.371 e. The van der Waals surface area contributed by atoms with Crippen LogP contribution >= 0.6 is 0 Å². The maximum absolute atomic E-state index is 13.2. The van der Waals surface area contributed by atoms with Gasteiger partial charge in [-0.05, 0) is 79.0 Å². The van der Waals surface area contributed by atoms with E-state index in [0.717, 1.165) is 50.3 Å². The van der Waals surface area contributed by atoms with Gasteiger partial charge < -0.3 is 10.2 Å². The van der Waals surface area contributed by atoms with E-state index in [2.05, 4.69) is 51.9 Å². The van der Waals surface area contributed by atoms with E-state index in [9.17, 15) is 18.0 Å². The smallest absolute Gasteiger partial charge is 0.371 e. The molecule has 1 fully saturated rings. The molecule has 45 heavy (non-hydrogen) atoms. The Morgan fingerprint density at radius 2 is 1.56 bits per heavy atom. The van der Waals surface area contributed by atoms with Gasteiger partial charge in [-0.2, -0.15) is 13.2 Å². The Hall–Kier alpha value is -4.18. The number of anilines is 2. The normalized spacial score (nSPS) is 14.8. The zero-order chi connectivity index (χ0) is 31.8. The first-order valence-electron chi connectivity index (χ1n) is 15.3. The second kappa shape index (κ2) is 14.7. The van der Waals surface area contributed by atoms with Crippen LogP contribution in [0.5, 0.6) is 0 Å². The molecule has 5 rings (SSSR count). The third-order valence-corrected chi connectivity index (χ3v) is 8.39. The monoisotopic (exact) mass is 616 g/mol. The molecule has 236 valence electrons. The molecule has 4 aromatic carbocycles. The van der Waals surface area contributed by atoms with Gasteiger partial charge in [0.2, 0.25) is 0 Å². The molecule has 1 unspecified atom stereocenters. The van der Waals surface area contributed by atoms with Crippen molar-refractivity contribution in [3.05, 3.63) is 120 Å². The Bertz CT molecular complexity index is 1520. The van der Waals surface area contributed by atoms with Gasteiger partial charge in [0, 0.05) is 42.6 Å². The number of halogens is 3. The number of amides is 1. The van der Waals surface area contributed by atoms with E-state index in [-0.39, 0.29) is 11.9 Å². The first-order valence-corrected chi connectivity index (χ1v) is 15.3. The highest BCUT2D eigenvalue weighted by Gasteiger charge is 2.30. The quantitative estimate of drug-likeness (QED) is 0.133. The van der Waals surface area contributed by atoms with Gasteiger partial charge in [0.25, 0.3) is 5.91 Å². The van der Waals surface area contributed by atoms with E-state index in [0.29, 0.717) is 35.0 Å². The summed E-state index contributed by atoms with van der Waals surface area (Å²) in [5, 5.41) is 2.94. The number of hydrogen-bond donors (Lipinski definition) is 2. The first kappa shape index (κ1) is 32.2. The number of nitrogens with one attached hydrogen (secondary N) is 2. The molecule has 0 spiro atoms. The van der Waals surface area contributed by atoms with Crippen molar-refractivity contribution in [2.75, 3.05) is 43.5 Å². The molecule has 1 saturated heterocycles. The van der Waals surface area contributed by atoms with Gasteiger partial charge in [-0.3, -0.25) is 14.5 Å². The summed E-state index contributed by atoms with van der Waals surface area (Å²) in [5.74, 6) is -0.326. The molecule has 2 N–H and O–H groups in total. The van der Waals surface area contributed by atoms with Crippen molar-refractivity contribution in [2.45, 2.75) is 38.0 Å². The highest BCUT2D eigenvalue weighted by Crippen LogP contribution is 2.33. The first-order chi connectivity index (χ1) is 21.7. The summed E-state index contributed by atoms with van der Waals surface area (Å²) in [6, 6.07) is 30.6. The van der Waals surface area contributed by atoms with Gasteiger partial charge in [0.15, 0.2) is 0 Å². The lowest BCUT2D eigenvalue weighted by molar-refractivity contribution is -0.137. The summed E-state index contributed by atoms with van der Waals surface area (Å²) in [6.07, 6.45) is -2.39. The van der Waals surface area contributed by atoms with Gasteiger partial charge in [-0.25, -0.2) is 5.48 Å². The van der Waals surface area contributed by atoms with Crippen LogP contribution in [0.3, 0.4) is 0 Å². The minimum absolute atomic E-state index is 0.147. The Kier molecular flexibility index (Phi) is 10.5. The number of nitrogens with zero attached hydrogens (tertiary/aromatic N) is 2. The zero-order valence-electron chi connectivity index (χ0n) is 25.6. The predicted octanol–water partition coefficient (Wildman–Crippen LogP) is 7.81. The molecule has 6 nitrogen and oxygen atoms in total. The highest BCUT2D eigenvalue weighted by atomic mass is 19.4. The third-order valence-electron chi connectivity index (χ3n) is 8.39. The number of alkyl halides is 3. The largest absolute Gasteiger partial charge is 0.416 e. The van der Waals surface area contributed by atoms with E-state index in [1.807, 2.05) is 37.3 Å². The highest BCUT2D eigenvalue weighted by molar-refractivity contribution is 6.08. The van der Waals surface area contributed by atoms with E-state index in [4.69, 9.17) is 4.84 Å². The van der Waals surface area contributed by atoms with E-state index in [1.54, 1.807) is 24.3 Å². The van der Waals surface area contributed by atoms with Crippen LogP contribution < -0.4 is 15.7 Å². The summed E-state index contributed by atoms with van der Waals surface area (Å²) >= 11 is 0. The van der Waals surface area contributed by atoms with Crippen LogP contribution in [0.2, 0.25) is 0 Å². The fourth-order valence-electron chi connectivity index (χ4n) is 5.88. The SMILES string of the molecule is CCNOCC(c1ccccc1)N(C)C1CCN(c2ccc(NC(=O)c3ccccc3-c3ccc(C(F)(F)F)cc3)cc2)CC1. The number of likely N-dealkylation sites (N-methyl/N-ethyl adjacent to an activating group) is 1. The lowest BCUT2D eigenvalue weighted by Gasteiger charge is -2.41. The second-order valence-corrected chi connectivity index (χ2v) is 11.2. The molecular weight excluding hydrogens is 577 g/mol. The Balaban J connectivity index is 1.19. The number of rotatable bonds is 11. The lowest BCUT2D eigenvalue weighted by atomic mass is 9.98. The number of hydroxylamine groups is 1. The predicted molar refractivity (Wildman–Crippen MR) is 173 cm³/mol. The topological polar surface area (TPSA) is 56.8 Å². The molecule has 0 aromatic heterocycles. The molecule has 1 aliphatic heterocycles. The number of piperidine rings is 1. The van der Waals surface area contributed by atoms with Crippen LogP contribution in [0.4, 0.5) is 24.5 Å². The molecule has 1 amide bonds. The van der Waals surface area contributed by atoms with E-state index in [1.165, 1.54) is 17.7 Å². The van der Waals surface area contributed by atoms with E-state index >= 15 is 0 Å². The summed E-state index contributed by atoms with van der Waals surface area (Å²) in [4.78, 5) is 23.8. The van der Waals surface area contributed by atoms with Gasteiger partial charge in [-0.15, -0.1) is 0 Å². The molecule has 0 aliphatic carbocycles. The van der Waals surface area contributed by atoms with Gasteiger partial charge in [0.05, 0.1) is 18.2 Å². The van der Waals surface area contributed by atoms with Gasteiger partial charge >= 0.3 is 6.18 Å². The maximum Gasteiger partial charge on any atom is 0.416 e. The van der Waals surface area contributed by atoms with Crippen LogP contribution in [-0.4, -0.2) is 50.1 Å². The molecule has 9 heteroatoms. The van der Waals surface area contributed by atoms with Crippen LogP contribution in [-0.2, 0) is 11.0 Å². The Morgan fingerprint density at radius 1 is 0.911 bits per heavy atom. The number of hydrogen-bond acceptors (Lipinski definition) is 5. The molecule has 1 aliphatic rings. The standard InChI is InChI=1S/C36H39F3N4O2/c1-3-40-45-25-34(27-9-5-4-6-10-27)42(2)30-21-23-43(24-22-30)31-19-17-29(18-20-31)41-35(44)33-12-8-7-11-32(33)26-13-15-28(16-14-26)36(37,38)39/h4-20,30,34,40H,3,21-25H2,1-2H3,(H,41,44). The molecule has 1 atom stereocenters. The van der Waals surface area contributed by atoms with E-state index < -0.39 is 11.7 Å². The van der Waals surface area contributed by atoms with Crippen molar-refractivity contribution in [3.63, 3.8) is 0 Å². The molecule has 1 heterocycles. The lowest BCUT2D eigenvalue weighted by Crippen LogP contribution is -2.45. The summed E-state index contributed by atoms with van der Waals surface area (Å²) in [7, 11) is 2.18. The zero-order valence-corrected chi connectivity index (χ0v) is 25.6. The summed E-state index contributed by atoms with van der Waals surface area (Å²) in [6.45, 7) is 5.16. The van der Waals surface area contributed by atoms with Crippen molar-refractivity contribution in [1.82, 2.24) is 10.4 Å². The Morgan fingerprint density at radius 3 is 2.20 bits per heavy atom. The van der Waals surface area contributed by atoms with Gasteiger partial charge in [0.1, 0.15) is 0 Å². The van der Waals surface area contributed by atoms with Crippen LogP contribution in [0.15, 0.2) is 103 Å². The minimum atomic E-state index is -4.42. The second-order valence-electron chi connectivity index (χ2n) is 11.2.